The number of rotatable bonds is 9. The van der Waals surface area contributed by atoms with Gasteiger partial charge in [-0.2, -0.15) is 4.31 Å². The first-order valence-electron chi connectivity index (χ1n) is 12.0. The third kappa shape index (κ3) is 4.92. The lowest BCUT2D eigenvalue weighted by Crippen LogP contribution is -2.48. The van der Waals surface area contributed by atoms with E-state index in [2.05, 4.69) is 4.98 Å². The Hall–Kier alpha value is -4.05. The van der Waals surface area contributed by atoms with Crippen molar-refractivity contribution < 1.29 is 28.2 Å². The van der Waals surface area contributed by atoms with Crippen LogP contribution in [0.15, 0.2) is 102 Å². The Labute approximate surface area is 230 Å². The molecule has 4 aromatic rings. The fraction of sp³-hybridized carbons (Fsp3) is 0.138. The van der Waals surface area contributed by atoms with Crippen LogP contribution >= 0.6 is 11.6 Å². The number of sulfonamides is 1. The van der Waals surface area contributed by atoms with E-state index in [1.54, 1.807) is 54.6 Å². The van der Waals surface area contributed by atoms with Crippen LogP contribution in [0.5, 0.6) is 0 Å². The van der Waals surface area contributed by atoms with Crippen LogP contribution < -0.4 is 0 Å². The number of nitrogens with zero attached hydrogens (tertiary/aromatic N) is 2. The van der Waals surface area contributed by atoms with Crippen molar-refractivity contribution in [2.24, 2.45) is 0 Å². The van der Waals surface area contributed by atoms with Crippen LogP contribution in [0, 0.1) is 0 Å². The normalized spacial score (nSPS) is 18.6. The SMILES string of the molecule is O=C(O)c1ncccc1CN([C@]1(C(=O)O)C[C@H]1c1ccccc1)S(=O)(=O)c1ccc(-c2ccc(Cl)cc2)cc1. The van der Waals surface area contributed by atoms with Crippen LogP contribution in [0.1, 0.15) is 34.0 Å². The quantitative estimate of drug-likeness (QED) is 0.283. The van der Waals surface area contributed by atoms with Gasteiger partial charge in [0.1, 0.15) is 5.54 Å². The summed E-state index contributed by atoms with van der Waals surface area (Å²) in [5.74, 6) is -3.27. The maximum Gasteiger partial charge on any atom is 0.354 e. The van der Waals surface area contributed by atoms with Crippen LogP contribution in [0.3, 0.4) is 0 Å². The molecule has 1 aliphatic rings. The Morgan fingerprint density at radius 1 is 0.897 bits per heavy atom. The predicted molar refractivity (Wildman–Crippen MR) is 145 cm³/mol. The van der Waals surface area contributed by atoms with Gasteiger partial charge in [0, 0.05) is 29.2 Å². The van der Waals surface area contributed by atoms with Gasteiger partial charge in [-0.15, -0.1) is 0 Å². The molecule has 0 unspecified atom stereocenters. The summed E-state index contributed by atoms with van der Waals surface area (Å²) in [5, 5.41) is 20.7. The first-order chi connectivity index (χ1) is 18.6. The molecule has 0 saturated heterocycles. The van der Waals surface area contributed by atoms with E-state index in [9.17, 15) is 28.2 Å². The minimum Gasteiger partial charge on any atom is -0.480 e. The standard InChI is InChI=1S/C29H23ClN2O6S/c30-23-12-8-19(9-13-23)20-10-14-24(15-11-20)39(37,38)32(18-22-7-4-16-31-26(22)27(33)34)29(28(35)36)17-25(29)21-5-2-1-3-6-21/h1-16,25H,17-18H2,(H,33,34)(H,35,36)/t25-,29+/m0/s1. The fourth-order valence-electron chi connectivity index (χ4n) is 4.89. The number of carbonyl (C=O) groups is 2. The van der Waals surface area contributed by atoms with Crippen LogP contribution in [0.2, 0.25) is 5.02 Å². The minimum absolute atomic E-state index is 0.0388. The summed E-state index contributed by atoms with van der Waals surface area (Å²) in [5.41, 5.74) is 0.205. The van der Waals surface area contributed by atoms with E-state index >= 15 is 0 Å². The number of benzene rings is 3. The van der Waals surface area contributed by atoms with E-state index < -0.39 is 40.0 Å². The van der Waals surface area contributed by atoms with E-state index in [1.807, 2.05) is 12.1 Å². The van der Waals surface area contributed by atoms with Crippen molar-refractivity contribution in [2.75, 3.05) is 0 Å². The van der Waals surface area contributed by atoms with Crippen LogP contribution in [0.25, 0.3) is 11.1 Å². The number of halogens is 1. The number of hydrogen-bond acceptors (Lipinski definition) is 5. The lowest BCUT2D eigenvalue weighted by Gasteiger charge is -2.30. The van der Waals surface area contributed by atoms with Crippen LogP contribution in [-0.4, -0.2) is 45.4 Å². The maximum atomic E-state index is 14.2. The molecule has 2 N–H and O–H groups in total. The molecule has 0 radical (unpaired) electrons. The Bertz CT molecular complexity index is 1640. The van der Waals surface area contributed by atoms with Gasteiger partial charge in [-0.3, -0.25) is 4.79 Å². The highest BCUT2D eigenvalue weighted by Gasteiger charge is 2.68. The summed E-state index contributed by atoms with van der Waals surface area (Å²) < 4.78 is 29.2. The molecule has 1 aromatic heterocycles. The molecule has 8 nitrogen and oxygen atoms in total. The minimum atomic E-state index is -4.42. The molecular formula is C29H23ClN2O6S. The molecule has 0 aliphatic heterocycles. The largest absolute Gasteiger partial charge is 0.480 e. The van der Waals surface area contributed by atoms with Crippen molar-refractivity contribution >= 4 is 33.6 Å². The van der Waals surface area contributed by atoms with Gasteiger partial charge in [0.2, 0.25) is 10.0 Å². The van der Waals surface area contributed by atoms with E-state index in [1.165, 1.54) is 30.5 Å². The van der Waals surface area contributed by atoms with E-state index in [0.717, 1.165) is 15.4 Å². The molecule has 198 valence electrons. The average molecular weight is 563 g/mol. The first-order valence-corrected chi connectivity index (χ1v) is 13.8. The Morgan fingerprint density at radius 2 is 1.51 bits per heavy atom. The van der Waals surface area contributed by atoms with Crippen molar-refractivity contribution in [3.05, 3.63) is 119 Å². The van der Waals surface area contributed by atoms with Gasteiger partial charge < -0.3 is 10.2 Å². The van der Waals surface area contributed by atoms with Gasteiger partial charge in [0.05, 0.1) is 4.90 Å². The zero-order valence-electron chi connectivity index (χ0n) is 20.4. The summed E-state index contributed by atoms with van der Waals surface area (Å²) in [7, 11) is -4.42. The van der Waals surface area contributed by atoms with Crippen molar-refractivity contribution in [2.45, 2.75) is 29.3 Å². The third-order valence-electron chi connectivity index (χ3n) is 6.98. The number of hydrogen-bond donors (Lipinski definition) is 2. The second-order valence-corrected chi connectivity index (χ2v) is 11.6. The highest BCUT2D eigenvalue weighted by Crippen LogP contribution is 2.57. The van der Waals surface area contributed by atoms with Gasteiger partial charge in [-0.1, -0.05) is 72.3 Å². The molecule has 2 atom stereocenters. The number of carboxylic acids is 2. The fourth-order valence-corrected chi connectivity index (χ4v) is 6.77. The topological polar surface area (TPSA) is 125 Å². The zero-order chi connectivity index (χ0) is 27.8. The van der Waals surface area contributed by atoms with Gasteiger partial charge in [-0.25, -0.2) is 18.2 Å². The second kappa shape index (κ2) is 10.3. The summed E-state index contributed by atoms with van der Waals surface area (Å²) in [6.45, 7) is -0.480. The molecule has 0 spiro atoms. The highest BCUT2D eigenvalue weighted by atomic mass is 35.5. The molecule has 39 heavy (non-hydrogen) atoms. The Morgan fingerprint density at radius 3 is 2.10 bits per heavy atom. The van der Waals surface area contributed by atoms with Crippen molar-refractivity contribution in [3.8, 4) is 11.1 Å². The van der Waals surface area contributed by atoms with E-state index in [-0.39, 0.29) is 22.6 Å². The molecular weight excluding hydrogens is 540 g/mol. The zero-order valence-corrected chi connectivity index (χ0v) is 22.0. The smallest absolute Gasteiger partial charge is 0.354 e. The number of pyridine rings is 1. The molecule has 3 aromatic carbocycles. The maximum absolute atomic E-state index is 14.2. The first kappa shape index (κ1) is 26.6. The number of aliphatic carboxylic acids is 1. The monoisotopic (exact) mass is 562 g/mol. The summed E-state index contributed by atoms with van der Waals surface area (Å²) in [4.78, 5) is 28.4. The molecule has 5 rings (SSSR count). The number of aromatic carboxylic acids is 1. The van der Waals surface area contributed by atoms with Crippen LogP contribution in [-0.2, 0) is 21.4 Å². The second-order valence-electron chi connectivity index (χ2n) is 9.26. The van der Waals surface area contributed by atoms with Crippen LogP contribution in [0.4, 0.5) is 0 Å². The molecule has 10 heteroatoms. The van der Waals surface area contributed by atoms with E-state index in [4.69, 9.17) is 11.6 Å². The van der Waals surface area contributed by atoms with Crippen molar-refractivity contribution in [3.63, 3.8) is 0 Å². The Kier molecular flexibility index (Phi) is 6.98. The van der Waals surface area contributed by atoms with Gasteiger partial charge >= 0.3 is 11.9 Å². The van der Waals surface area contributed by atoms with Gasteiger partial charge in [-0.05, 0) is 53.4 Å². The highest BCUT2D eigenvalue weighted by molar-refractivity contribution is 7.89. The van der Waals surface area contributed by atoms with E-state index in [0.29, 0.717) is 10.6 Å². The molecule has 0 amide bonds. The number of aromatic nitrogens is 1. The lowest BCUT2D eigenvalue weighted by atomic mass is 10.1. The summed E-state index contributed by atoms with van der Waals surface area (Å²) >= 11 is 5.97. The summed E-state index contributed by atoms with van der Waals surface area (Å²) in [6, 6.07) is 24.9. The molecule has 0 bridgehead atoms. The van der Waals surface area contributed by atoms with Crippen molar-refractivity contribution in [1.29, 1.82) is 0 Å². The molecule has 1 fully saturated rings. The third-order valence-corrected chi connectivity index (χ3v) is 9.13. The number of carboxylic acid groups (broad SMARTS) is 2. The summed E-state index contributed by atoms with van der Waals surface area (Å²) in [6.07, 6.45) is 1.33. The van der Waals surface area contributed by atoms with Gasteiger partial charge in [0.25, 0.3) is 0 Å². The molecule has 1 saturated carbocycles. The molecule has 1 heterocycles. The van der Waals surface area contributed by atoms with Gasteiger partial charge in [0.15, 0.2) is 5.69 Å². The predicted octanol–water partition coefficient (Wildman–Crippen LogP) is 5.30. The average Bonchev–Trinajstić information content (AvgIpc) is 3.70. The lowest BCUT2D eigenvalue weighted by molar-refractivity contribution is -0.143. The van der Waals surface area contributed by atoms with Crippen molar-refractivity contribution in [1.82, 2.24) is 9.29 Å². The molecule has 1 aliphatic carbocycles. The Balaban J connectivity index is 1.60.